The van der Waals surface area contributed by atoms with Gasteiger partial charge in [-0.25, -0.2) is 0 Å². The van der Waals surface area contributed by atoms with Crippen LogP contribution in [-0.4, -0.2) is 56.6 Å². The molecule has 0 radical (unpaired) electrons. The maximum atomic E-state index is 11.1. The lowest BCUT2D eigenvalue weighted by Gasteiger charge is -2.16. The molecule has 1 unspecified atom stereocenters. The number of ether oxygens (including phenoxy) is 1. The van der Waals surface area contributed by atoms with Gasteiger partial charge in [0.15, 0.2) is 0 Å². The molecule has 14 heavy (non-hydrogen) atoms. The van der Waals surface area contributed by atoms with Crippen molar-refractivity contribution in [3.8, 4) is 0 Å². The van der Waals surface area contributed by atoms with Crippen molar-refractivity contribution in [3.05, 3.63) is 0 Å². The summed E-state index contributed by atoms with van der Waals surface area (Å²) in [6, 6.07) is 0. The van der Waals surface area contributed by atoms with Gasteiger partial charge in [-0.2, -0.15) is 0 Å². The number of methoxy groups -OCH3 is 1. The summed E-state index contributed by atoms with van der Waals surface area (Å²) in [5.74, 6) is -0.119. The van der Waals surface area contributed by atoms with E-state index in [1.165, 1.54) is 0 Å². The number of hydrogen-bond acceptors (Lipinski definition) is 3. The zero-order chi connectivity index (χ0) is 11.0. The number of amides is 1. The van der Waals surface area contributed by atoms with Gasteiger partial charge in [-0.1, -0.05) is 0 Å². The van der Waals surface area contributed by atoms with Gasteiger partial charge in [0.2, 0.25) is 5.91 Å². The third kappa shape index (κ3) is 7.12. The van der Waals surface area contributed by atoms with Gasteiger partial charge >= 0.3 is 0 Å². The first-order valence-corrected chi connectivity index (χ1v) is 5.10. The molecule has 1 atom stereocenters. The minimum Gasteiger partial charge on any atom is -0.383 e. The number of likely N-dealkylation sites (N-methyl/N-ethyl adjacent to an activating group) is 1. The van der Waals surface area contributed by atoms with Gasteiger partial charge in [0.1, 0.15) is 5.38 Å². The normalized spacial score (nSPS) is 12.9. The average molecular weight is 223 g/mol. The second-order valence-electron chi connectivity index (χ2n) is 3.20. The van der Waals surface area contributed by atoms with E-state index >= 15 is 0 Å². The van der Waals surface area contributed by atoms with Gasteiger partial charge in [0.05, 0.1) is 6.61 Å². The summed E-state index contributed by atoms with van der Waals surface area (Å²) in [6.07, 6.45) is 0. The van der Waals surface area contributed by atoms with Crippen molar-refractivity contribution >= 4 is 17.5 Å². The molecule has 0 bridgehead atoms. The lowest BCUT2D eigenvalue weighted by atomic mass is 10.4. The van der Waals surface area contributed by atoms with Crippen molar-refractivity contribution in [2.45, 2.75) is 12.3 Å². The standard InChI is InChI=1S/C9H19ClN2O2/c1-8(10)9(13)11-4-5-12(2)6-7-14-3/h8H,4-7H2,1-3H3,(H,11,13). The number of rotatable bonds is 7. The Morgan fingerprint density at radius 1 is 1.57 bits per heavy atom. The number of alkyl halides is 1. The fraction of sp³-hybridized carbons (Fsp3) is 0.889. The van der Waals surface area contributed by atoms with Gasteiger partial charge in [-0.05, 0) is 14.0 Å². The SMILES string of the molecule is COCCN(C)CCNC(=O)C(C)Cl. The maximum Gasteiger partial charge on any atom is 0.237 e. The Balaban J connectivity index is 3.39. The van der Waals surface area contributed by atoms with E-state index in [0.717, 1.165) is 13.1 Å². The molecule has 0 heterocycles. The molecule has 0 saturated heterocycles. The van der Waals surface area contributed by atoms with Crippen molar-refractivity contribution < 1.29 is 9.53 Å². The zero-order valence-corrected chi connectivity index (χ0v) is 9.80. The molecular formula is C9H19ClN2O2. The van der Waals surface area contributed by atoms with Crippen molar-refractivity contribution in [1.82, 2.24) is 10.2 Å². The predicted molar refractivity (Wildman–Crippen MR) is 57.7 cm³/mol. The molecule has 0 aromatic rings. The molecule has 0 aromatic carbocycles. The maximum absolute atomic E-state index is 11.1. The van der Waals surface area contributed by atoms with E-state index in [-0.39, 0.29) is 5.91 Å². The van der Waals surface area contributed by atoms with Gasteiger partial charge in [-0.15, -0.1) is 11.6 Å². The molecule has 0 fully saturated rings. The van der Waals surface area contributed by atoms with Crippen molar-refractivity contribution in [2.75, 3.05) is 40.4 Å². The highest BCUT2D eigenvalue weighted by atomic mass is 35.5. The van der Waals surface area contributed by atoms with Crippen LogP contribution in [0.2, 0.25) is 0 Å². The van der Waals surface area contributed by atoms with Crippen molar-refractivity contribution in [2.24, 2.45) is 0 Å². The fourth-order valence-corrected chi connectivity index (χ4v) is 0.947. The summed E-state index contributed by atoms with van der Waals surface area (Å²) in [6.45, 7) is 4.65. The minimum absolute atomic E-state index is 0.119. The van der Waals surface area contributed by atoms with E-state index < -0.39 is 5.38 Å². The Kier molecular flexibility index (Phi) is 7.84. The van der Waals surface area contributed by atoms with Crippen LogP contribution in [0.15, 0.2) is 0 Å². The molecule has 0 aliphatic carbocycles. The fourth-order valence-electron chi connectivity index (χ4n) is 0.870. The van der Waals surface area contributed by atoms with Crippen LogP contribution in [0.25, 0.3) is 0 Å². The molecule has 5 heteroatoms. The Hall–Kier alpha value is -0.320. The summed E-state index contributed by atoms with van der Waals surface area (Å²) < 4.78 is 4.93. The van der Waals surface area contributed by atoms with Gasteiger partial charge in [-0.3, -0.25) is 4.79 Å². The smallest absolute Gasteiger partial charge is 0.237 e. The zero-order valence-electron chi connectivity index (χ0n) is 9.05. The van der Waals surface area contributed by atoms with Crippen LogP contribution in [0.5, 0.6) is 0 Å². The molecule has 0 aliphatic heterocycles. The molecule has 1 amide bonds. The quantitative estimate of drug-likeness (QED) is 0.631. The molecular weight excluding hydrogens is 204 g/mol. The Bertz CT molecular complexity index is 165. The third-order valence-electron chi connectivity index (χ3n) is 1.83. The molecule has 84 valence electrons. The number of hydrogen-bond donors (Lipinski definition) is 1. The number of nitrogens with one attached hydrogen (secondary N) is 1. The van der Waals surface area contributed by atoms with Crippen LogP contribution in [0.1, 0.15) is 6.92 Å². The number of halogens is 1. The molecule has 0 rings (SSSR count). The Morgan fingerprint density at radius 3 is 2.71 bits per heavy atom. The highest BCUT2D eigenvalue weighted by molar-refractivity contribution is 6.30. The van der Waals surface area contributed by atoms with Crippen molar-refractivity contribution in [1.29, 1.82) is 0 Å². The number of nitrogens with zero attached hydrogens (tertiary/aromatic N) is 1. The highest BCUT2D eigenvalue weighted by Gasteiger charge is 2.07. The minimum atomic E-state index is -0.459. The Morgan fingerprint density at radius 2 is 2.21 bits per heavy atom. The second-order valence-corrected chi connectivity index (χ2v) is 3.86. The van der Waals surface area contributed by atoms with Crippen LogP contribution < -0.4 is 5.32 Å². The topological polar surface area (TPSA) is 41.6 Å². The first-order valence-electron chi connectivity index (χ1n) is 4.67. The number of carbonyl (C=O) groups is 1. The summed E-state index contributed by atoms with van der Waals surface area (Å²) >= 11 is 5.58. The lowest BCUT2D eigenvalue weighted by molar-refractivity contribution is -0.120. The molecule has 0 saturated carbocycles. The van der Waals surface area contributed by atoms with Crippen LogP contribution >= 0.6 is 11.6 Å². The van der Waals surface area contributed by atoms with Gasteiger partial charge < -0.3 is 15.0 Å². The third-order valence-corrected chi connectivity index (χ3v) is 2.03. The highest BCUT2D eigenvalue weighted by Crippen LogP contribution is 1.91. The van der Waals surface area contributed by atoms with Gasteiger partial charge in [0.25, 0.3) is 0 Å². The van der Waals surface area contributed by atoms with Crippen LogP contribution in [0.4, 0.5) is 0 Å². The van der Waals surface area contributed by atoms with E-state index in [0.29, 0.717) is 13.2 Å². The molecule has 1 N–H and O–H groups in total. The monoisotopic (exact) mass is 222 g/mol. The molecule has 0 spiro atoms. The van der Waals surface area contributed by atoms with E-state index in [9.17, 15) is 4.79 Å². The van der Waals surface area contributed by atoms with E-state index in [2.05, 4.69) is 10.2 Å². The lowest BCUT2D eigenvalue weighted by Crippen LogP contribution is -2.37. The Labute approximate surface area is 90.5 Å². The second kappa shape index (κ2) is 8.03. The number of carbonyl (C=O) groups excluding carboxylic acids is 1. The molecule has 0 aromatic heterocycles. The first kappa shape index (κ1) is 13.7. The molecule has 0 aliphatic rings. The van der Waals surface area contributed by atoms with Gasteiger partial charge in [0, 0.05) is 26.7 Å². The first-order chi connectivity index (χ1) is 6.57. The average Bonchev–Trinajstić information content (AvgIpc) is 2.14. The largest absolute Gasteiger partial charge is 0.383 e. The summed E-state index contributed by atoms with van der Waals surface area (Å²) in [7, 11) is 3.65. The van der Waals surface area contributed by atoms with E-state index in [1.807, 2.05) is 7.05 Å². The molecule has 4 nitrogen and oxygen atoms in total. The van der Waals surface area contributed by atoms with E-state index in [4.69, 9.17) is 16.3 Å². The van der Waals surface area contributed by atoms with E-state index in [1.54, 1.807) is 14.0 Å². The van der Waals surface area contributed by atoms with Crippen molar-refractivity contribution in [3.63, 3.8) is 0 Å². The van der Waals surface area contributed by atoms with Crippen LogP contribution in [0.3, 0.4) is 0 Å². The summed E-state index contributed by atoms with van der Waals surface area (Å²) in [5.41, 5.74) is 0. The predicted octanol–water partition coefficient (Wildman–Crippen LogP) is 0.308. The van der Waals surface area contributed by atoms with Crippen LogP contribution in [0, 0.1) is 0 Å². The van der Waals surface area contributed by atoms with Crippen LogP contribution in [-0.2, 0) is 9.53 Å². The summed E-state index contributed by atoms with van der Waals surface area (Å²) in [5, 5.41) is 2.28. The summed E-state index contributed by atoms with van der Waals surface area (Å²) in [4.78, 5) is 13.1.